The van der Waals surface area contributed by atoms with E-state index in [9.17, 15) is 0 Å². The van der Waals surface area contributed by atoms with Crippen LogP contribution in [0.1, 0.15) is 5.56 Å². The Morgan fingerprint density at radius 2 is 2.00 bits per heavy atom. The minimum Gasteiger partial charge on any atom is -0.437 e. The van der Waals surface area contributed by atoms with Gasteiger partial charge < -0.3 is 15.8 Å². The third kappa shape index (κ3) is 3.74. The first-order valence-corrected chi connectivity index (χ1v) is 8.13. The third-order valence-electron chi connectivity index (χ3n) is 3.17. The number of nitrogens with zero attached hydrogens (tertiary/aromatic N) is 3. The largest absolute Gasteiger partial charge is 0.437 e. The summed E-state index contributed by atoms with van der Waals surface area (Å²) in [6.07, 6.45) is 3.04. The number of pyridine rings is 1. The van der Waals surface area contributed by atoms with Crippen LogP contribution in [-0.4, -0.2) is 15.0 Å². The molecule has 0 saturated heterocycles. The van der Waals surface area contributed by atoms with Crippen molar-refractivity contribution >= 4 is 44.9 Å². The van der Waals surface area contributed by atoms with E-state index < -0.39 is 0 Å². The fourth-order valence-corrected chi connectivity index (χ4v) is 2.28. The standard InChI is InChI=1S/C16H13BrClN5O/c1-9-6-11(3-4-12(9)18)24-16-14(19)15(21-8-22-16)23-13-5-2-10(17)7-20-13/h2-8H,19H2,1H3,(H,20,21,22,23). The molecular formula is C16H13BrClN5O. The topological polar surface area (TPSA) is 86.0 Å². The summed E-state index contributed by atoms with van der Waals surface area (Å²) in [5.41, 5.74) is 7.29. The maximum absolute atomic E-state index is 6.10. The molecule has 1 aromatic carbocycles. The smallest absolute Gasteiger partial charge is 0.248 e. The van der Waals surface area contributed by atoms with Crippen molar-refractivity contribution in [3.63, 3.8) is 0 Å². The quantitative estimate of drug-likeness (QED) is 0.652. The van der Waals surface area contributed by atoms with Crippen molar-refractivity contribution in [2.75, 3.05) is 11.1 Å². The van der Waals surface area contributed by atoms with Gasteiger partial charge in [0.05, 0.1) is 0 Å². The normalized spacial score (nSPS) is 10.5. The Labute approximate surface area is 152 Å². The Balaban J connectivity index is 1.84. The van der Waals surface area contributed by atoms with Gasteiger partial charge in [-0.25, -0.2) is 9.97 Å². The van der Waals surface area contributed by atoms with E-state index in [2.05, 4.69) is 36.2 Å². The van der Waals surface area contributed by atoms with Gasteiger partial charge in [0.25, 0.3) is 0 Å². The van der Waals surface area contributed by atoms with Crippen LogP contribution in [0.4, 0.5) is 17.3 Å². The van der Waals surface area contributed by atoms with Crippen molar-refractivity contribution < 1.29 is 4.74 Å². The van der Waals surface area contributed by atoms with E-state index in [-0.39, 0.29) is 11.6 Å². The van der Waals surface area contributed by atoms with Crippen molar-refractivity contribution in [3.8, 4) is 11.6 Å². The molecule has 0 fully saturated rings. The van der Waals surface area contributed by atoms with Gasteiger partial charge in [-0.1, -0.05) is 11.6 Å². The van der Waals surface area contributed by atoms with Crippen LogP contribution >= 0.6 is 27.5 Å². The van der Waals surface area contributed by atoms with E-state index in [4.69, 9.17) is 22.1 Å². The lowest BCUT2D eigenvalue weighted by Crippen LogP contribution is -2.04. The van der Waals surface area contributed by atoms with Gasteiger partial charge in [0.1, 0.15) is 23.6 Å². The average Bonchev–Trinajstić information content (AvgIpc) is 2.57. The van der Waals surface area contributed by atoms with Crippen molar-refractivity contribution in [2.24, 2.45) is 0 Å². The second-order valence-electron chi connectivity index (χ2n) is 4.94. The summed E-state index contributed by atoms with van der Waals surface area (Å²) in [6, 6.07) is 8.98. The number of hydrogen-bond acceptors (Lipinski definition) is 6. The fraction of sp³-hybridized carbons (Fsp3) is 0.0625. The van der Waals surface area contributed by atoms with Crippen molar-refractivity contribution in [1.82, 2.24) is 15.0 Å². The number of aryl methyl sites for hydroxylation is 1. The molecule has 2 heterocycles. The zero-order valence-corrected chi connectivity index (χ0v) is 15.0. The molecule has 6 nitrogen and oxygen atoms in total. The molecule has 0 saturated carbocycles. The number of nitrogen functional groups attached to an aromatic ring is 1. The number of nitrogens with one attached hydrogen (secondary N) is 1. The molecule has 0 atom stereocenters. The van der Waals surface area contributed by atoms with Crippen molar-refractivity contribution in [2.45, 2.75) is 6.92 Å². The number of ether oxygens (including phenoxy) is 1. The molecule has 0 unspecified atom stereocenters. The van der Waals surface area contributed by atoms with E-state index in [0.717, 1.165) is 10.0 Å². The molecule has 2 aromatic heterocycles. The van der Waals surface area contributed by atoms with E-state index in [1.165, 1.54) is 6.33 Å². The molecule has 0 bridgehead atoms. The first-order chi connectivity index (χ1) is 11.5. The van der Waals surface area contributed by atoms with Gasteiger partial charge in [-0.3, -0.25) is 0 Å². The van der Waals surface area contributed by atoms with Gasteiger partial charge in [0.15, 0.2) is 5.82 Å². The lowest BCUT2D eigenvalue weighted by molar-refractivity contribution is 0.464. The maximum Gasteiger partial charge on any atom is 0.248 e. The monoisotopic (exact) mass is 405 g/mol. The average molecular weight is 407 g/mol. The highest BCUT2D eigenvalue weighted by Gasteiger charge is 2.11. The molecule has 3 N–H and O–H groups in total. The minimum absolute atomic E-state index is 0.256. The molecule has 0 amide bonds. The Morgan fingerprint density at radius 1 is 1.17 bits per heavy atom. The summed E-state index contributed by atoms with van der Waals surface area (Å²) in [4.78, 5) is 12.4. The Kier molecular flexibility index (Phi) is 4.82. The number of anilines is 3. The molecule has 3 aromatic rings. The van der Waals surface area contributed by atoms with E-state index in [1.54, 1.807) is 24.4 Å². The molecular weight excluding hydrogens is 394 g/mol. The highest BCUT2D eigenvalue weighted by molar-refractivity contribution is 9.10. The predicted octanol–water partition coefficient (Wildman–Crippen LogP) is 4.71. The second kappa shape index (κ2) is 7.02. The number of rotatable bonds is 4. The molecule has 0 radical (unpaired) electrons. The van der Waals surface area contributed by atoms with Crippen molar-refractivity contribution in [1.29, 1.82) is 0 Å². The van der Waals surface area contributed by atoms with Crippen LogP contribution in [-0.2, 0) is 0 Å². The van der Waals surface area contributed by atoms with E-state index in [0.29, 0.717) is 22.4 Å². The van der Waals surface area contributed by atoms with Crippen LogP contribution in [0.3, 0.4) is 0 Å². The fourth-order valence-electron chi connectivity index (χ4n) is 1.92. The number of benzene rings is 1. The molecule has 0 aliphatic carbocycles. The summed E-state index contributed by atoms with van der Waals surface area (Å²) in [5.74, 6) is 1.87. The molecule has 24 heavy (non-hydrogen) atoms. The second-order valence-corrected chi connectivity index (χ2v) is 6.26. The highest BCUT2D eigenvalue weighted by Crippen LogP contribution is 2.32. The third-order valence-corrected chi connectivity index (χ3v) is 4.06. The maximum atomic E-state index is 6.10. The SMILES string of the molecule is Cc1cc(Oc2ncnc(Nc3ccc(Br)cn3)c2N)ccc1Cl. The summed E-state index contributed by atoms with van der Waals surface area (Å²) < 4.78 is 6.62. The van der Waals surface area contributed by atoms with Crippen LogP contribution in [0.5, 0.6) is 11.6 Å². The molecule has 0 aliphatic heterocycles. The van der Waals surface area contributed by atoms with Crippen molar-refractivity contribution in [3.05, 3.63) is 57.9 Å². The Hall–Kier alpha value is -2.38. The van der Waals surface area contributed by atoms with Gasteiger partial charge in [-0.15, -0.1) is 0 Å². The lowest BCUT2D eigenvalue weighted by atomic mass is 10.2. The lowest BCUT2D eigenvalue weighted by Gasteiger charge is -2.12. The summed E-state index contributed by atoms with van der Waals surface area (Å²) >= 11 is 9.35. The first-order valence-electron chi connectivity index (χ1n) is 6.96. The summed E-state index contributed by atoms with van der Waals surface area (Å²) in [6.45, 7) is 1.89. The zero-order chi connectivity index (χ0) is 17.1. The highest BCUT2D eigenvalue weighted by atomic mass is 79.9. The van der Waals surface area contributed by atoms with Crippen LogP contribution in [0.15, 0.2) is 47.3 Å². The zero-order valence-electron chi connectivity index (χ0n) is 12.6. The van der Waals surface area contributed by atoms with Gasteiger partial charge in [-0.2, -0.15) is 4.98 Å². The number of hydrogen-bond donors (Lipinski definition) is 2. The molecule has 0 aliphatic rings. The van der Waals surface area contributed by atoms with Gasteiger partial charge in [0, 0.05) is 15.7 Å². The van der Waals surface area contributed by atoms with Crippen LogP contribution in [0.2, 0.25) is 5.02 Å². The number of halogens is 2. The van der Waals surface area contributed by atoms with Crippen LogP contribution < -0.4 is 15.8 Å². The molecule has 0 spiro atoms. The minimum atomic E-state index is 0.256. The van der Waals surface area contributed by atoms with Crippen LogP contribution in [0, 0.1) is 6.92 Å². The Bertz CT molecular complexity index is 873. The predicted molar refractivity (Wildman–Crippen MR) is 97.9 cm³/mol. The van der Waals surface area contributed by atoms with Crippen LogP contribution in [0.25, 0.3) is 0 Å². The van der Waals surface area contributed by atoms with Gasteiger partial charge in [-0.05, 0) is 58.7 Å². The number of nitrogens with two attached hydrogens (primary N) is 1. The first kappa shape index (κ1) is 16.5. The van der Waals surface area contributed by atoms with E-state index >= 15 is 0 Å². The molecule has 122 valence electrons. The van der Waals surface area contributed by atoms with Gasteiger partial charge in [0.2, 0.25) is 5.88 Å². The summed E-state index contributed by atoms with van der Waals surface area (Å²) in [7, 11) is 0. The van der Waals surface area contributed by atoms with E-state index in [1.807, 2.05) is 19.1 Å². The molecule has 8 heteroatoms. The van der Waals surface area contributed by atoms with Gasteiger partial charge >= 0.3 is 0 Å². The molecule has 3 rings (SSSR count). The number of aromatic nitrogens is 3. The Morgan fingerprint density at radius 3 is 2.71 bits per heavy atom. The summed E-state index contributed by atoms with van der Waals surface area (Å²) in [5, 5.41) is 3.71.